The Morgan fingerprint density at radius 2 is 1.82 bits per heavy atom. The van der Waals surface area contributed by atoms with Crippen LogP contribution in [0.3, 0.4) is 0 Å². The van der Waals surface area contributed by atoms with Crippen LogP contribution < -0.4 is 16.2 Å². The second-order valence-electron chi connectivity index (χ2n) is 6.60. The first kappa shape index (κ1) is 19.3. The van der Waals surface area contributed by atoms with E-state index in [4.69, 9.17) is 0 Å². The molecule has 0 fully saturated rings. The van der Waals surface area contributed by atoms with Crippen LogP contribution in [0.4, 0.5) is 5.69 Å². The minimum Gasteiger partial charge on any atom is -0.350 e. The number of carbonyl (C=O) groups is 2. The molecule has 2 aromatic carbocycles. The molecule has 1 heterocycles. The number of nitrogens with one attached hydrogen (secondary N) is 2. The van der Waals surface area contributed by atoms with Gasteiger partial charge >= 0.3 is 0 Å². The summed E-state index contributed by atoms with van der Waals surface area (Å²) in [6, 6.07) is 13.8. The number of fused-ring (bicyclic) bond motifs is 1. The lowest BCUT2D eigenvalue weighted by Gasteiger charge is -2.12. The minimum atomic E-state index is -0.373. The first-order valence-electron chi connectivity index (χ1n) is 9.13. The van der Waals surface area contributed by atoms with Gasteiger partial charge in [0.25, 0.3) is 11.5 Å². The van der Waals surface area contributed by atoms with Gasteiger partial charge < -0.3 is 10.6 Å². The number of anilines is 1. The van der Waals surface area contributed by atoms with E-state index in [-0.39, 0.29) is 30.0 Å². The maximum atomic E-state index is 12.4. The van der Waals surface area contributed by atoms with Crippen LogP contribution in [-0.4, -0.2) is 27.6 Å². The molecule has 3 aromatic rings. The summed E-state index contributed by atoms with van der Waals surface area (Å²) >= 11 is 0. The van der Waals surface area contributed by atoms with Crippen molar-refractivity contribution in [2.45, 2.75) is 32.9 Å². The fourth-order valence-electron chi connectivity index (χ4n) is 2.69. The smallest absolute Gasteiger partial charge is 0.275 e. The highest BCUT2D eigenvalue weighted by atomic mass is 16.2. The van der Waals surface area contributed by atoms with Crippen molar-refractivity contribution >= 4 is 28.3 Å². The molecule has 0 saturated heterocycles. The van der Waals surface area contributed by atoms with Gasteiger partial charge in [-0.2, -0.15) is 5.10 Å². The molecule has 0 bridgehead atoms. The Hall–Kier alpha value is -3.48. The van der Waals surface area contributed by atoms with Crippen LogP contribution in [0.25, 0.3) is 10.8 Å². The van der Waals surface area contributed by atoms with E-state index in [1.807, 2.05) is 19.9 Å². The first-order chi connectivity index (χ1) is 13.5. The van der Waals surface area contributed by atoms with Crippen LogP contribution in [0.2, 0.25) is 0 Å². The summed E-state index contributed by atoms with van der Waals surface area (Å²) < 4.78 is 1.13. The van der Waals surface area contributed by atoms with Crippen molar-refractivity contribution in [2.75, 3.05) is 5.32 Å². The van der Waals surface area contributed by atoms with E-state index in [1.165, 1.54) is 0 Å². The van der Waals surface area contributed by atoms with Gasteiger partial charge in [-0.25, -0.2) is 4.68 Å². The number of rotatable bonds is 6. The van der Waals surface area contributed by atoms with E-state index >= 15 is 0 Å². The number of amides is 2. The lowest BCUT2D eigenvalue weighted by Crippen LogP contribution is -2.31. The summed E-state index contributed by atoms with van der Waals surface area (Å²) in [6.07, 6.45) is 2.41. The summed E-state index contributed by atoms with van der Waals surface area (Å²) in [4.78, 5) is 36.8. The van der Waals surface area contributed by atoms with E-state index in [0.29, 0.717) is 16.6 Å². The lowest BCUT2D eigenvalue weighted by atomic mass is 10.1. The number of aromatic nitrogens is 2. The maximum Gasteiger partial charge on any atom is 0.275 e. The standard InChI is InChI=1S/C21H22N4O3/c1-3-14(2)23-20(27)15-8-10-17(11-9-15)24-19(26)13-25-21(28)18-7-5-4-6-16(18)12-22-25/h4-12,14H,3,13H2,1-2H3,(H,23,27)(H,24,26). The third-order valence-electron chi connectivity index (χ3n) is 4.48. The average Bonchev–Trinajstić information content (AvgIpc) is 2.70. The van der Waals surface area contributed by atoms with Crippen LogP contribution in [0.1, 0.15) is 30.6 Å². The molecule has 144 valence electrons. The van der Waals surface area contributed by atoms with Crippen molar-refractivity contribution in [1.29, 1.82) is 0 Å². The zero-order chi connectivity index (χ0) is 20.1. The van der Waals surface area contributed by atoms with Gasteiger partial charge in [-0.05, 0) is 43.7 Å². The molecule has 7 nitrogen and oxygen atoms in total. The third-order valence-corrected chi connectivity index (χ3v) is 4.48. The van der Waals surface area contributed by atoms with Crippen molar-refractivity contribution < 1.29 is 9.59 Å². The van der Waals surface area contributed by atoms with E-state index in [9.17, 15) is 14.4 Å². The Morgan fingerprint density at radius 1 is 1.11 bits per heavy atom. The van der Waals surface area contributed by atoms with Gasteiger partial charge in [-0.3, -0.25) is 14.4 Å². The summed E-state index contributed by atoms with van der Waals surface area (Å²) in [5.41, 5.74) is 0.745. The number of hydrogen-bond acceptors (Lipinski definition) is 4. The largest absolute Gasteiger partial charge is 0.350 e. The molecule has 2 N–H and O–H groups in total. The second-order valence-corrected chi connectivity index (χ2v) is 6.60. The Kier molecular flexibility index (Phi) is 5.84. The Balaban J connectivity index is 1.66. The van der Waals surface area contributed by atoms with E-state index in [2.05, 4.69) is 15.7 Å². The second kappa shape index (κ2) is 8.47. The number of hydrogen-bond donors (Lipinski definition) is 2. The van der Waals surface area contributed by atoms with Crippen molar-refractivity contribution in [1.82, 2.24) is 15.1 Å². The van der Waals surface area contributed by atoms with Gasteiger partial charge in [-0.1, -0.05) is 25.1 Å². The lowest BCUT2D eigenvalue weighted by molar-refractivity contribution is -0.117. The molecule has 28 heavy (non-hydrogen) atoms. The van der Waals surface area contributed by atoms with Crippen LogP contribution in [0.15, 0.2) is 59.5 Å². The molecular formula is C21H22N4O3. The number of benzene rings is 2. The highest BCUT2D eigenvalue weighted by Crippen LogP contribution is 2.11. The monoisotopic (exact) mass is 378 g/mol. The number of carbonyl (C=O) groups excluding carboxylic acids is 2. The zero-order valence-electron chi connectivity index (χ0n) is 15.8. The summed E-state index contributed by atoms with van der Waals surface area (Å²) in [7, 11) is 0. The Bertz CT molecular complexity index is 1060. The van der Waals surface area contributed by atoms with E-state index < -0.39 is 0 Å². The van der Waals surface area contributed by atoms with Gasteiger partial charge in [0.05, 0.1) is 11.6 Å². The van der Waals surface area contributed by atoms with Crippen molar-refractivity contribution in [3.05, 3.63) is 70.6 Å². The van der Waals surface area contributed by atoms with E-state index in [0.717, 1.165) is 16.5 Å². The highest BCUT2D eigenvalue weighted by Gasteiger charge is 2.11. The zero-order valence-corrected chi connectivity index (χ0v) is 15.8. The summed E-state index contributed by atoms with van der Waals surface area (Å²) in [5.74, 6) is -0.527. The predicted octanol–water partition coefficient (Wildman–Crippen LogP) is 2.56. The van der Waals surface area contributed by atoms with Crippen molar-refractivity contribution in [3.63, 3.8) is 0 Å². The molecule has 3 rings (SSSR count). The Labute approximate surface area is 162 Å². The van der Waals surface area contributed by atoms with Gasteiger partial charge in [-0.15, -0.1) is 0 Å². The highest BCUT2D eigenvalue weighted by molar-refractivity contribution is 5.96. The molecule has 0 radical (unpaired) electrons. The molecule has 1 atom stereocenters. The van der Waals surface area contributed by atoms with Gasteiger partial charge in [0.1, 0.15) is 6.54 Å². The molecule has 1 unspecified atom stereocenters. The summed E-state index contributed by atoms with van der Waals surface area (Å²) in [6.45, 7) is 3.74. The molecule has 0 aliphatic heterocycles. The van der Waals surface area contributed by atoms with Crippen LogP contribution in [0, 0.1) is 0 Å². The molecule has 7 heteroatoms. The minimum absolute atomic E-state index is 0.0969. The van der Waals surface area contributed by atoms with Crippen LogP contribution in [0.5, 0.6) is 0 Å². The van der Waals surface area contributed by atoms with Gasteiger partial charge in [0.2, 0.25) is 5.91 Å². The normalized spacial score (nSPS) is 11.8. The van der Waals surface area contributed by atoms with Gasteiger partial charge in [0, 0.05) is 22.7 Å². The Morgan fingerprint density at radius 3 is 2.54 bits per heavy atom. The first-order valence-corrected chi connectivity index (χ1v) is 9.13. The SMILES string of the molecule is CCC(C)NC(=O)c1ccc(NC(=O)Cn2ncc3ccccc3c2=O)cc1. The molecule has 0 aliphatic rings. The van der Waals surface area contributed by atoms with Gasteiger partial charge in [0.15, 0.2) is 0 Å². The molecule has 1 aromatic heterocycles. The third kappa shape index (κ3) is 4.43. The topological polar surface area (TPSA) is 93.1 Å². The molecule has 0 spiro atoms. The van der Waals surface area contributed by atoms with Crippen LogP contribution >= 0.6 is 0 Å². The van der Waals surface area contributed by atoms with Crippen molar-refractivity contribution in [2.24, 2.45) is 0 Å². The number of nitrogens with zero attached hydrogens (tertiary/aromatic N) is 2. The average molecular weight is 378 g/mol. The molecular weight excluding hydrogens is 356 g/mol. The molecule has 0 saturated carbocycles. The van der Waals surface area contributed by atoms with Crippen molar-refractivity contribution in [3.8, 4) is 0 Å². The molecule has 2 amide bonds. The fraction of sp³-hybridized carbons (Fsp3) is 0.238. The summed E-state index contributed by atoms with van der Waals surface area (Å²) in [5, 5.41) is 10.9. The van der Waals surface area contributed by atoms with E-state index in [1.54, 1.807) is 48.7 Å². The van der Waals surface area contributed by atoms with Crippen LogP contribution in [-0.2, 0) is 11.3 Å². The fourth-order valence-corrected chi connectivity index (χ4v) is 2.69. The molecule has 0 aliphatic carbocycles. The quantitative estimate of drug-likeness (QED) is 0.689. The predicted molar refractivity (Wildman–Crippen MR) is 108 cm³/mol. The maximum absolute atomic E-state index is 12.4.